The Balaban J connectivity index is 2.45. The van der Waals surface area contributed by atoms with Gasteiger partial charge in [0, 0.05) is 12.1 Å². The van der Waals surface area contributed by atoms with Crippen molar-refractivity contribution >= 4 is 28.8 Å². The Morgan fingerprint density at radius 3 is 2.76 bits per heavy atom. The van der Waals surface area contributed by atoms with Crippen molar-refractivity contribution in [3.05, 3.63) is 23.8 Å². The predicted molar refractivity (Wildman–Crippen MR) is 57.8 cm³/mol. The monoisotopic (exact) mass is 259 g/mol. The zero-order chi connectivity index (χ0) is 12.6. The van der Waals surface area contributed by atoms with Crippen LogP contribution in [0.5, 0.6) is 0 Å². The normalized spacial score (nSPS) is 11.0. The van der Waals surface area contributed by atoms with Gasteiger partial charge in [0.15, 0.2) is 22.7 Å². The molecule has 2 rings (SSSR count). The number of carboxylic acid groups (broad SMARTS) is 1. The molecule has 2 aromatic rings. The second kappa shape index (κ2) is 4.33. The number of aliphatic carboxylic acids is 1. The summed E-state index contributed by atoms with van der Waals surface area (Å²) in [5.41, 5.74) is 0.913. The van der Waals surface area contributed by atoms with Crippen molar-refractivity contribution in [2.75, 3.05) is 5.75 Å². The molecule has 0 saturated heterocycles. The number of carboxylic acids is 1. The SMILES string of the molecule is C[n+]1c(SCC(=O)O)[nH]c2cc(F)c(F)cc21. The fourth-order valence-electron chi connectivity index (χ4n) is 1.49. The molecule has 0 saturated carbocycles. The highest BCUT2D eigenvalue weighted by Crippen LogP contribution is 2.19. The molecule has 0 fully saturated rings. The number of fused-ring (bicyclic) bond motifs is 1. The Kier molecular flexibility index (Phi) is 3.01. The number of aromatic nitrogens is 2. The lowest BCUT2D eigenvalue weighted by Gasteiger charge is -1.92. The molecule has 90 valence electrons. The van der Waals surface area contributed by atoms with E-state index in [9.17, 15) is 13.6 Å². The first kappa shape index (κ1) is 11.8. The van der Waals surface area contributed by atoms with E-state index in [-0.39, 0.29) is 5.75 Å². The fraction of sp³-hybridized carbons (Fsp3) is 0.200. The molecule has 0 aliphatic heterocycles. The molecule has 7 heteroatoms. The largest absolute Gasteiger partial charge is 0.481 e. The quantitative estimate of drug-likeness (QED) is 0.648. The fourth-order valence-corrected chi connectivity index (χ4v) is 2.22. The van der Waals surface area contributed by atoms with Gasteiger partial charge < -0.3 is 5.11 Å². The third-order valence-corrected chi connectivity index (χ3v) is 3.32. The highest BCUT2D eigenvalue weighted by molar-refractivity contribution is 7.99. The number of hydrogen-bond acceptors (Lipinski definition) is 2. The molecule has 0 aliphatic carbocycles. The summed E-state index contributed by atoms with van der Waals surface area (Å²) < 4.78 is 27.6. The van der Waals surface area contributed by atoms with Gasteiger partial charge in [-0.1, -0.05) is 0 Å². The highest BCUT2D eigenvalue weighted by Gasteiger charge is 2.19. The van der Waals surface area contributed by atoms with Gasteiger partial charge >= 0.3 is 11.1 Å². The summed E-state index contributed by atoms with van der Waals surface area (Å²) in [6.45, 7) is 0. The van der Waals surface area contributed by atoms with Gasteiger partial charge in [0.2, 0.25) is 0 Å². The first-order valence-corrected chi connectivity index (χ1v) is 5.69. The number of thioether (sulfide) groups is 1. The zero-order valence-corrected chi connectivity index (χ0v) is 9.65. The molecule has 1 aromatic carbocycles. The summed E-state index contributed by atoms with van der Waals surface area (Å²) in [6.07, 6.45) is 0. The minimum atomic E-state index is -0.953. The van der Waals surface area contributed by atoms with Gasteiger partial charge in [0.05, 0.1) is 7.05 Å². The number of benzene rings is 1. The minimum absolute atomic E-state index is 0.119. The number of rotatable bonds is 3. The van der Waals surface area contributed by atoms with Gasteiger partial charge in [-0.3, -0.25) is 4.79 Å². The number of aryl methyl sites for hydroxylation is 1. The van der Waals surface area contributed by atoms with E-state index >= 15 is 0 Å². The van der Waals surface area contributed by atoms with Gasteiger partial charge in [0.1, 0.15) is 5.75 Å². The number of H-pyrrole nitrogens is 1. The van der Waals surface area contributed by atoms with Crippen LogP contribution in [0.1, 0.15) is 0 Å². The molecule has 1 heterocycles. The first-order chi connectivity index (χ1) is 7.99. The number of nitrogens with one attached hydrogen (secondary N) is 1. The van der Waals surface area contributed by atoms with E-state index in [2.05, 4.69) is 4.98 Å². The smallest absolute Gasteiger partial charge is 0.317 e. The van der Waals surface area contributed by atoms with Crippen LogP contribution >= 0.6 is 11.8 Å². The third-order valence-electron chi connectivity index (χ3n) is 2.28. The summed E-state index contributed by atoms with van der Waals surface area (Å²) in [6, 6.07) is 2.13. The van der Waals surface area contributed by atoms with Crippen LogP contribution in [0.3, 0.4) is 0 Å². The molecule has 0 amide bonds. The van der Waals surface area contributed by atoms with Crippen LogP contribution in [-0.2, 0) is 11.8 Å². The number of carbonyl (C=O) groups is 1. The average Bonchev–Trinajstić information content (AvgIpc) is 2.54. The lowest BCUT2D eigenvalue weighted by molar-refractivity contribution is -0.683. The molecule has 0 radical (unpaired) electrons. The summed E-state index contributed by atoms with van der Waals surface area (Å²) in [4.78, 5) is 13.3. The maximum Gasteiger partial charge on any atom is 0.317 e. The molecule has 4 nitrogen and oxygen atoms in total. The number of imidazole rings is 1. The Morgan fingerprint density at radius 2 is 2.12 bits per heavy atom. The Labute approximate surface area is 99.3 Å². The van der Waals surface area contributed by atoms with Crippen LogP contribution in [0.15, 0.2) is 17.3 Å². The van der Waals surface area contributed by atoms with Crippen molar-refractivity contribution in [3.63, 3.8) is 0 Å². The Morgan fingerprint density at radius 1 is 1.47 bits per heavy atom. The van der Waals surface area contributed by atoms with Crippen LogP contribution < -0.4 is 4.57 Å². The van der Waals surface area contributed by atoms with Gasteiger partial charge in [0.25, 0.3) is 0 Å². The predicted octanol–water partition coefficient (Wildman–Crippen LogP) is 1.45. The molecule has 1 aromatic heterocycles. The van der Waals surface area contributed by atoms with Crippen LogP contribution in [0, 0.1) is 11.6 Å². The third kappa shape index (κ3) is 2.23. The molecule has 0 bridgehead atoms. The lowest BCUT2D eigenvalue weighted by atomic mass is 10.3. The molecule has 17 heavy (non-hydrogen) atoms. The Bertz CT molecular complexity index is 597. The van der Waals surface area contributed by atoms with Crippen molar-refractivity contribution < 1.29 is 23.2 Å². The van der Waals surface area contributed by atoms with Crippen LogP contribution in [0.4, 0.5) is 8.78 Å². The average molecular weight is 259 g/mol. The number of halogens is 2. The first-order valence-electron chi connectivity index (χ1n) is 4.70. The molecule has 0 spiro atoms. The summed E-state index contributed by atoms with van der Waals surface area (Å²) in [5.74, 6) is -2.94. The topological polar surface area (TPSA) is 57.0 Å². The minimum Gasteiger partial charge on any atom is -0.481 e. The second-order valence-electron chi connectivity index (χ2n) is 3.46. The van der Waals surface area contributed by atoms with Crippen molar-refractivity contribution in [2.45, 2.75) is 5.16 Å². The molecular formula is C10H9F2N2O2S+. The van der Waals surface area contributed by atoms with Gasteiger partial charge in [-0.15, -0.1) is 0 Å². The van der Waals surface area contributed by atoms with Crippen molar-refractivity contribution in [2.24, 2.45) is 7.05 Å². The van der Waals surface area contributed by atoms with Crippen molar-refractivity contribution in [1.29, 1.82) is 0 Å². The second-order valence-corrected chi connectivity index (χ2v) is 4.42. The number of aromatic amines is 1. The number of hydrogen-bond donors (Lipinski definition) is 2. The maximum atomic E-state index is 13.0. The number of nitrogens with zero attached hydrogens (tertiary/aromatic N) is 1. The highest BCUT2D eigenvalue weighted by atomic mass is 32.2. The van der Waals surface area contributed by atoms with E-state index in [0.717, 1.165) is 23.9 Å². The maximum absolute atomic E-state index is 13.0. The van der Waals surface area contributed by atoms with Crippen molar-refractivity contribution in [3.8, 4) is 0 Å². The molecule has 2 N–H and O–H groups in total. The van der Waals surface area contributed by atoms with Gasteiger partial charge in [-0.25, -0.2) is 18.3 Å². The molecule has 0 atom stereocenters. The van der Waals surface area contributed by atoms with E-state index in [1.54, 1.807) is 11.6 Å². The lowest BCUT2D eigenvalue weighted by Crippen LogP contribution is -2.29. The van der Waals surface area contributed by atoms with Crippen molar-refractivity contribution in [1.82, 2.24) is 4.98 Å². The van der Waals surface area contributed by atoms with E-state index in [1.165, 1.54) is 0 Å². The summed E-state index contributed by atoms with van der Waals surface area (Å²) >= 11 is 1.06. The van der Waals surface area contributed by atoms with Gasteiger partial charge in [-0.05, 0) is 11.8 Å². The van der Waals surface area contributed by atoms with E-state index in [0.29, 0.717) is 16.2 Å². The molecular weight excluding hydrogens is 250 g/mol. The summed E-state index contributed by atoms with van der Waals surface area (Å²) in [7, 11) is 1.65. The van der Waals surface area contributed by atoms with Gasteiger partial charge in [-0.2, -0.15) is 0 Å². The summed E-state index contributed by atoms with van der Waals surface area (Å²) in [5, 5.41) is 9.10. The van der Waals surface area contributed by atoms with Crippen LogP contribution in [-0.4, -0.2) is 21.8 Å². The van der Waals surface area contributed by atoms with E-state index in [1.807, 2.05) is 0 Å². The zero-order valence-electron chi connectivity index (χ0n) is 8.83. The van der Waals surface area contributed by atoms with Crippen LogP contribution in [0.2, 0.25) is 0 Å². The van der Waals surface area contributed by atoms with E-state index < -0.39 is 17.6 Å². The van der Waals surface area contributed by atoms with Crippen LogP contribution in [0.25, 0.3) is 11.0 Å². The molecule has 0 unspecified atom stereocenters. The standard InChI is InChI=1S/C10H8F2N2O2S/c1-14-8-3-6(12)5(11)2-7(8)13-10(14)17-4-9(15)16/h2-3H,4H2,1H3,(H,15,16)/p+1. The Hall–Kier alpha value is -1.63. The molecule has 0 aliphatic rings. The van der Waals surface area contributed by atoms with E-state index in [4.69, 9.17) is 5.11 Å².